The largest absolute Gasteiger partial charge is 0.353 e. The molecule has 0 aliphatic carbocycles. The molecule has 0 radical (unpaired) electrons. The summed E-state index contributed by atoms with van der Waals surface area (Å²) in [5, 5.41) is 3.92. The van der Waals surface area contributed by atoms with Crippen LogP contribution in [0, 0.1) is 0 Å². The van der Waals surface area contributed by atoms with Gasteiger partial charge in [0, 0.05) is 12.6 Å². The highest BCUT2D eigenvalue weighted by Crippen LogP contribution is 2.23. The fourth-order valence-electron chi connectivity index (χ4n) is 2.04. The summed E-state index contributed by atoms with van der Waals surface area (Å²) >= 11 is 11.8. The Morgan fingerprint density at radius 1 is 1.17 bits per heavy atom. The highest BCUT2D eigenvalue weighted by atomic mass is 35.5. The van der Waals surface area contributed by atoms with Crippen LogP contribution < -0.4 is 5.32 Å². The van der Waals surface area contributed by atoms with E-state index in [2.05, 4.69) is 24.1 Å². The van der Waals surface area contributed by atoms with Crippen molar-refractivity contribution in [2.24, 2.45) is 0 Å². The molecule has 0 fully saturated rings. The SMILES string of the molecule is CCN(CC)CCCNC(=O)C=CC=Cc1ccc(Cl)c(Cl)c1. The maximum atomic E-state index is 11.7. The monoisotopic (exact) mass is 354 g/mol. The third kappa shape index (κ3) is 8.21. The third-order valence-electron chi connectivity index (χ3n) is 3.44. The molecule has 1 rings (SSSR count). The molecule has 23 heavy (non-hydrogen) atoms. The van der Waals surface area contributed by atoms with Crippen LogP contribution in [0.25, 0.3) is 6.08 Å². The summed E-state index contributed by atoms with van der Waals surface area (Å²) in [7, 11) is 0. The molecule has 0 atom stereocenters. The van der Waals surface area contributed by atoms with Gasteiger partial charge in [-0.2, -0.15) is 0 Å². The lowest BCUT2D eigenvalue weighted by Crippen LogP contribution is -2.29. The molecule has 0 saturated carbocycles. The summed E-state index contributed by atoms with van der Waals surface area (Å²) in [6.45, 7) is 8.08. The maximum absolute atomic E-state index is 11.7. The Hall–Kier alpha value is -1.29. The maximum Gasteiger partial charge on any atom is 0.243 e. The number of halogens is 2. The van der Waals surface area contributed by atoms with Crippen LogP contribution >= 0.6 is 23.2 Å². The number of hydrogen-bond donors (Lipinski definition) is 1. The van der Waals surface area contributed by atoms with Crippen molar-refractivity contribution in [1.29, 1.82) is 0 Å². The Morgan fingerprint density at radius 2 is 1.91 bits per heavy atom. The van der Waals surface area contributed by atoms with Crippen molar-refractivity contribution in [3.05, 3.63) is 52.0 Å². The molecular formula is C18H24Cl2N2O. The summed E-state index contributed by atoms with van der Waals surface area (Å²) < 4.78 is 0. The number of nitrogens with zero attached hydrogens (tertiary/aromatic N) is 1. The topological polar surface area (TPSA) is 32.3 Å². The highest BCUT2D eigenvalue weighted by molar-refractivity contribution is 6.42. The lowest BCUT2D eigenvalue weighted by Gasteiger charge is -2.17. The molecule has 1 aromatic rings. The average Bonchev–Trinajstić information content (AvgIpc) is 2.55. The molecule has 0 bridgehead atoms. The number of amides is 1. The van der Waals surface area contributed by atoms with Crippen LogP contribution in [0.4, 0.5) is 0 Å². The van der Waals surface area contributed by atoms with Gasteiger partial charge in [0.05, 0.1) is 10.0 Å². The standard InChI is InChI=1S/C18H24Cl2N2O/c1-3-22(4-2)13-7-12-21-18(23)9-6-5-8-15-10-11-16(19)17(20)14-15/h5-6,8-11,14H,3-4,7,12-13H2,1-2H3,(H,21,23). The zero-order valence-corrected chi connectivity index (χ0v) is 15.2. The van der Waals surface area contributed by atoms with E-state index in [4.69, 9.17) is 23.2 Å². The number of hydrogen-bond acceptors (Lipinski definition) is 2. The quantitative estimate of drug-likeness (QED) is 0.404. The van der Waals surface area contributed by atoms with Crippen LogP contribution in [-0.2, 0) is 4.79 Å². The van der Waals surface area contributed by atoms with E-state index < -0.39 is 0 Å². The van der Waals surface area contributed by atoms with Crippen molar-refractivity contribution >= 4 is 35.2 Å². The summed E-state index contributed by atoms with van der Waals surface area (Å²) in [5.41, 5.74) is 0.934. The molecule has 0 saturated heterocycles. The first-order valence-electron chi connectivity index (χ1n) is 7.86. The van der Waals surface area contributed by atoms with Gasteiger partial charge in [0.15, 0.2) is 0 Å². The van der Waals surface area contributed by atoms with Gasteiger partial charge in [-0.1, -0.05) is 61.3 Å². The van der Waals surface area contributed by atoms with Gasteiger partial charge < -0.3 is 10.2 Å². The molecular weight excluding hydrogens is 331 g/mol. The number of allylic oxidation sites excluding steroid dienone is 2. The normalized spacial score (nSPS) is 11.7. The van der Waals surface area contributed by atoms with Gasteiger partial charge in [-0.05, 0) is 43.8 Å². The van der Waals surface area contributed by atoms with E-state index in [1.807, 2.05) is 12.1 Å². The predicted octanol–water partition coefficient (Wildman–Crippen LogP) is 4.41. The van der Waals surface area contributed by atoms with Crippen molar-refractivity contribution in [1.82, 2.24) is 10.2 Å². The van der Waals surface area contributed by atoms with Gasteiger partial charge in [-0.3, -0.25) is 4.79 Å². The molecule has 3 nitrogen and oxygen atoms in total. The van der Waals surface area contributed by atoms with Gasteiger partial charge in [-0.25, -0.2) is 0 Å². The molecule has 0 heterocycles. The van der Waals surface area contributed by atoms with E-state index in [-0.39, 0.29) is 5.91 Å². The highest BCUT2D eigenvalue weighted by Gasteiger charge is 1.99. The van der Waals surface area contributed by atoms with Crippen molar-refractivity contribution in [3.8, 4) is 0 Å². The van der Waals surface area contributed by atoms with Gasteiger partial charge in [0.1, 0.15) is 0 Å². The van der Waals surface area contributed by atoms with Crippen molar-refractivity contribution in [3.63, 3.8) is 0 Å². The molecule has 0 aliphatic rings. The van der Waals surface area contributed by atoms with E-state index in [1.54, 1.807) is 24.3 Å². The number of rotatable bonds is 9. The van der Waals surface area contributed by atoms with Crippen LogP contribution in [0.15, 0.2) is 36.4 Å². The Bertz CT molecular complexity index is 552. The summed E-state index contributed by atoms with van der Waals surface area (Å²) in [6, 6.07) is 5.39. The number of nitrogens with one attached hydrogen (secondary N) is 1. The van der Waals surface area contributed by atoms with Crippen molar-refractivity contribution in [2.45, 2.75) is 20.3 Å². The van der Waals surface area contributed by atoms with Crippen LogP contribution in [0.1, 0.15) is 25.8 Å². The second kappa shape index (κ2) is 11.3. The predicted molar refractivity (Wildman–Crippen MR) is 100 cm³/mol. The fraction of sp³-hybridized carbons (Fsp3) is 0.389. The van der Waals surface area contributed by atoms with E-state index in [0.717, 1.165) is 31.6 Å². The Morgan fingerprint density at radius 3 is 2.57 bits per heavy atom. The smallest absolute Gasteiger partial charge is 0.243 e. The molecule has 126 valence electrons. The Labute approximate surface area is 149 Å². The Kier molecular flexibility index (Phi) is 9.69. The average molecular weight is 355 g/mol. The van der Waals surface area contributed by atoms with Gasteiger partial charge >= 0.3 is 0 Å². The van der Waals surface area contributed by atoms with Crippen molar-refractivity contribution < 1.29 is 4.79 Å². The second-order valence-corrected chi connectivity index (χ2v) is 5.88. The number of carbonyl (C=O) groups is 1. The van der Waals surface area contributed by atoms with Gasteiger partial charge in [-0.15, -0.1) is 0 Å². The van der Waals surface area contributed by atoms with Gasteiger partial charge in [0.25, 0.3) is 0 Å². The first-order valence-corrected chi connectivity index (χ1v) is 8.62. The second-order valence-electron chi connectivity index (χ2n) is 5.06. The molecule has 5 heteroatoms. The summed E-state index contributed by atoms with van der Waals surface area (Å²) in [4.78, 5) is 14.0. The molecule has 0 spiro atoms. The molecule has 0 aromatic heterocycles. The van der Waals surface area contributed by atoms with E-state index in [1.165, 1.54) is 6.08 Å². The number of benzene rings is 1. The van der Waals surface area contributed by atoms with E-state index >= 15 is 0 Å². The van der Waals surface area contributed by atoms with Crippen LogP contribution in [0.2, 0.25) is 10.0 Å². The van der Waals surface area contributed by atoms with Crippen LogP contribution in [0.3, 0.4) is 0 Å². The molecule has 1 aromatic carbocycles. The van der Waals surface area contributed by atoms with E-state index in [9.17, 15) is 4.79 Å². The molecule has 0 unspecified atom stereocenters. The number of carbonyl (C=O) groups excluding carboxylic acids is 1. The molecule has 0 aliphatic heterocycles. The molecule has 1 N–H and O–H groups in total. The van der Waals surface area contributed by atoms with Crippen molar-refractivity contribution in [2.75, 3.05) is 26.2 Å². The van der Waals surface area contributed by atoms with Gasteiger partial charge in [0.2, 0.25) is 5.91 Å². The lowest BCUT2D eigenvalue weighted by atomic mass is 10.2. The molecule has 1 amide bonds. The first-order chi connectivity index (χ1) is 11.1. The lowest BCUT2D eigenvalue weighted by molar-refractivity contribution is -0.116. The summed E-state index contributed by atoms with van der Waals surface area (Å²) in [5.74, 6) is -0.0802. The van der Waals surface area contributed by atoms with Crippen LogP contribution in [0.5, 0.6) is 0 Å². The minimum absolute atomic E-state index is 0.0802. The fourth-order valence-corrected chi connectivity index (χ4v) is 2.35. The Balaban J connectivity index is 2.29. The minimum Gasteiger partial charge on any atom is -0.353 e. The third-order valence-corrected chi connectivity index (χ3v) is 4.17. The summed E-state index contributed by atoms with van der Waals surface area (Å²) in [6.07, 6.45) is 7.86. The minimum atomic E-state index is -0.0802. The first kappa shape index (κ1) is 19.8. The van der Waals surface area contributed by atoms with Crippen LogP contribution in [-0.4, -0.2) is 37.0 Å². The van der Waals surface area contributed by atoms with E-state index in [0.29, 0.717) is 16.6 Å². The zero-order chi connectivity index (χ0) is 17.1. The zero-order valence-electron chi connectivity index (χ0n) is 13.7.